The summed E-state index contributed by atoms with van der Waals surface area (Å²) in [6, 6.07) is 12.2. The summed E-state index contributed by atoms with van der Waals surface area (Å²) >= 11 is 3.24. The molecule has 6 heterocycles. The molecule has 2 fully saturated rings. The third kappa shape index (κ3) is 9.31. The third-order valence-electron chi connectivity index (χ3n) is 7.82. The predicted molar refractivity (Wildman–Crippen MR) is 179 cm³/mol. The van der Waals surface area contributed by atoms with Crippen molar-refractivity contribution in [2.45, 2.75) is 26.7 Å². The maximum absolute atomic E-state index is 5.75. The zero-order chi connectivity index (χ0) is 29.3. The second-order valence-electron chi connectivity index (χ2n) is 10.7. The van der Waals surface area contributed by atoms with E-state index in [1.165, 1.54) is 9.75 Å². The van der Waals surface area contributed by atoms with E-state index in [1.54, 1.807) is 22.7 Å². The van der Waals surface area contributed by atoms with Crippen molar-refractivity contribution >= 4 is 44.6 Å². The Labute approximate surface area is 262 Å². The molecule has 2 aliphatic rings. The molecule has 0 atom stereocenters. The van der Waals surface area contributed by atoms with Gasteiger partial charge in [-0.15, -0.1) is 22.7 Å². The van der Waals surface area contributed by atoms with Crippen molar-refractivity contribution in [2.24, 2.45) is 0 Å². The van der Waals surface area contributed by atoms with Gasteiger partial charge in [0, 0.05) is 87.6 Å². The van der Waals surface area contributed by atoms with Gasteiger partial charge in [-0.1, -0.05) is 12.1 Å². The van der Waals surface area contributed by atoms with E-state index >= 15 is 0 Å². The van der Waals surface area contributed by atoms with E-state index in [0.29, 0.717) is 10.3 Å². The van der Waals surface area contributed by atoms with Crippen LogP contribution < -0.4 is 21.3 Å². The lowest BCUT2D eigenvalue weighted by atomic mass is 10.2. The van der Waals surface area contributed by atoms with Crippen LogP contribution in [0.25, 0.3) is 0 Å². The maximum atomic E-state index is 5.75. The monoisotopic (exact) mass is 624 g/mol. The first-order valence-electron chi connectivity index (χ1n) is 14.6. The first-order chi connectivity index (χ1) is 20.4. The van der Waals surface area contributed by atoms with Gasteiger partial charge in [0.1, 0.15) is 11.6 Å². The molecule has 0 bridgehead atoms. The number of aromatic nitrogens is 4. The van der Waals surface area contributed by atoms with Crippen LogP contribution in [0.3, 0.4) is 0 Å². The Hall–Kier alpha value is -3.36. The average Bonchev–Trinajstić information content (AvgIpc) is 3.53. The van der Waals surface area contributed by atoms with E-state index in [9.17, 15) is 0 Å². The van der Waals surface area contributed by atoms with E-state index in [4.69, 9.17) is 11.5 Å². The topological polar surface area (TPSA) is 148 Å². The molecule has 6 N–H and O–H groups in total. The second-order valence-corrected chi connectivity index (χ2v) is 12.9. The van der Waals surface area contributed by atoms with Crippen LogP contribution in [-0.2, 0) is 12.8 Å². The van der Waals surface area contributed by atoms with Crippen molar-refractivity contribution in [1.29, 1.82) is 0 Å². The fourth-order valence-corrected chi connectivity index (χ4v) is 7.01. The lowest BCUT2D eigenvalue weighted by Gasteiger charge is -2.35. The van der Waals surface area contributed by atoms with Crippen molar-refractivity contribution in [1.82, 2.24) is 29.7 Å². The van der Waals surface area contributed by atoms with E-state index in [1.807, 2.05) is 50.5 Å². The normalized spacial score (nSPS) is 16.0. The molecule has 0 unspecified atom stereocenters. The maximum Gasteiger partial charge on any atom is 0.180 e. The number of pyridine rings is 2. The minimum Gasteiger partial charge on any atom is -0.412 e. The molecule has 6 rings (SSSR count). The summed E-state index contributed by atoms with van der Waals surface area (Å²) in [5.41, 5.74) is 13.7. The number of piperazine rings is 2. The van der Waals surface area contributed by atoms with Crippen LogP contribution in [0, 0.1) is 13.8 Å². The molecule has 2 aliphatic heterocycles. The summed E-state index contributed by atoms with van der Waals surface area (Å²) in [6.07, 6.45) is 5.81. The molecular weight excluding hydrogens is 581 g/mol. The lowest BCUT2D eigenvalue weighted by Crippen LogP contribution is -2.47. The van der Waals surface area contributed by atoms with Gasteiger partial charge in [0.15, 0.2) is 10.3 Å². The van der Waals surface area contributed by atoms with E-state index in [0.717, 1.165) is 101 Å². The summed E-state index contributed by atoms with van der Waals surface area (Å²) in [6.45, 7) is 14.8. The van der Waals surface area contributed by atoms with Crippen LogP contribution in [0.4, 0.5) is 21.9 Å². The van der Waals surface area contributed by atoms with Crippen LogP contribution in [-0.4, -0.2) is 101 Å². The van der Waals surface area contributed by atoms with Gasteiger partial charge in [0.25, 0.3) is 0 Å². The van der Waals surface area contributed by atoms with Gasteiger partial charge in [-0.25, -0.2) is 19.9 Å². The molecule has 0 radical (unpaired) electrons. The number of aryl methyl sites for hydroxylation is 2. The van der Waals surface area contributed by atoms with Crippen LogP contribution in [0.15, 0.2) is 48.8 Å². The number of thiazole rings is 2. The highest BCUT2D eigenvalue weighted by Crippen LogP contribution is 2.22. The molecule has 11 nitrogen and oxygen atoms in total. The average molecular weight is 625 g/mol. The summed E-state index contributed by atoms with van der Waals surface area (Å²) < 4.78 is 0. The minimum absolute atomic E-state index is 0. The van der Waals surface area contributed by atoms with E-state index in [2.05, 4.69) is 51.7 Å². The molecule has 0 spiro atoms. The molecule has 0 amide bonds. The standard InChI is InChI=1S/2C15H21N5S.H2O/c2*1-12-13(21-15(16)18-12)5-7-19-8-10-20(11-9-19)14-4-2-3-6-17-14;/h2*2-4,6H,5,7-11H2,1H3,(H2,16,18);1H2. The van der Waals surface area contributed by atoms with Crippen LogP contribution in [0.5, 0.6) is 0 Å². The quantitative estimate of drug-likeness (QED) is 0.300. The Balaban J connectivity index is 0.000000192. The highest BCUT2D eigenvalue weighted by Gasteiger charge is 2.19. The Kier molecular flexibility index (Phi) is 12.1. The largest absolute Gasteiger partial charge is 0.412 e. The van der Waals surface area contributed by atoms with Gasteiger partial charge >= 0.3 is 0 Å². The smallest absolute Gasteiger partial charge is 0.180 e. The van der Waals surface area contributed by atoms with Crippen LogP contribution >= 0.6 is 22.7 Å². The number of hydrogen-bond acceptors (Lipinski definition) is 12. The number of hydrogen-bond donors (Lipinski definition) is 2. The number of rotatable bonds is 8. The van der Waals surface area contributed by atoms with Gasteiger partial charge in [-0.3, -0.25) is 9.80 Å². The molecule has 43 heavy (non-hydrogen) atoms. The molecule has 0 saturated carbocycles. The number of nitrogens with zero attached hydrogens (tertiary/aromatic N) is 8. The Morgan fingerprint density at radius 2 is 1.02 bits per heavy atom. The minimum atomic E-state index is 0. The highest BCUT2D eigenvalue weighted by molar-refractivity contribution is 7.15. The molecule has 0 aromatic carbocycles. The molecular formula is C30H44N10OS2. The molecule has 13 heteroatoms. The number of nitrogen functional groups attached to an aromatic ring is 2. The fraction of sp³-hybridized carbons (Fsp3) is 0.467. The Morgan fingerprint density at radius 3 is 1.33 bits per heavy atom. The Bertz CT molecular complexity index is 1260. The van der Waals surface area contributed by atoms with Crippen LogP contribution in [0.1, 0.15) is 21.1 Å². The summed E-state index contributed by atoms with van der Waals surface area (Å²) in [4.78, 5) is 29.8. The molecule has 2 saturated heterocycles. The van der Waals surface area contributed by atoms with E-state index < -0.39 is 0 Å². The van der Waals surface area contributed by atoms with Gasteiger partial charge < -0.3 is 26.7 Å². The van der Waals surface area contributed by atoms with Crippen molar-refractivity contribution in [3.63, 3.8) is 0 Å². The number of nitrogens with two attached hydrogens (primary N) is 2. The fourth-order valence-electron chi connectivity index (χ4n) is 5.37. The van der Waals surface area contributed by atoms with Crippen molar-refractivity contribution in [2.75, 3.05) is 86.7 Å². The van der Waals surface area contributed by atoms with Crippen molar-refractivity contribution < 1.29 is 5.48 Å². The van der Waals surface area contributed by atoms with Crippen LogP contribution in [0.2, 0.25) is 0 Å². The first kappa shape index (κ1) is 32.6. The zero-order valence-electron chi connectivity index (χ0n) is 25.2. The molecule has 232 valence electrons. The summed E-state index contributed by atoms with van der Waals surface area (Å²) in [5, 5.41) is 1.37. The summed E-state index contributed by atoms with van der Waals surface area (Å²) in [7, 11) is 0. The highest BCUT2D eigenvalue weighted by atomic mass is 32.1. The predicted octanol–water partition coefficient (Wildman–Crippen LogP) is 2.76. The molecule has 4 aromatic heterocycles. The second kappa shape index (κ2) is 15.9. The lowest BCUT2D eigenvalue weighted by molar-refractivity contribution is 0.261. The first-order valence-corrected chi connectivity index (χ1v) is 16.3. The van der Waals surface area contributed by atoms with Gasteiger partial charge in [-0.2, -0.15) is 0 Å². The molecule has 4 aromatic rings. The van der Waals surface area contributed by atoms with Gasteiger partial charge in [0.05, 0.1) is 11.4 Å². The Morgan fingerprint density at radius 1 is 0.628 bits per heavy atom. The SMILES string of the molecule is Cc1nc(N)sc1CCN1CCN(c2ccccn2)CC1.Cc1nc(N)sc1CCN1CCN(c2ccccn2)CC1.O. The van der Waals surface area contributed by atoms with Crippen molar-refractivity contribution in [3.8, 4) is 0 Å². The van der Waals surface area contributed by atoms with Gasteiger partial charge in [-0.05, 0) is 51.0 Å². The zero-order valence-corrected chi connectivity index (χ0v) is 26.8. The molecule has 0 aliphatic carbocycles. The van der Waals surface area contributed by atoms with Crippen molar-refractivity contribution in [3.05, 3.63) is 69.9 Å². The number of anilines is 4. The third-order valence-corrected chi connectivity index (χ3v) is 9.91. The van der Waals surface area contributed by atoms with E-state index in [-0.39, 0.29) is 5.48 Å². The summed E-state index contributed by atoms with van der Waals surface area (Å²) in [5.74, 6) is 2.17. The van der Waals surface area contributed by atoms with Gasteiger partial charge in [0.2, 0.25) is 0 Å².